The first-order valence-electron chi connectivity index (χ1n) is 9.45. The molecule has 0 saturated carbocycles. The van der Waals surface area contributed by atoms with Crippen LogP contribution < -0.4 is 5.73 Å². The van der Waals surface area contributed by atoms with Gasteiger partial charge in [0.1, 0.15) is 5.01 Å². The van der Waals surface area contributed by atoms with Gasteiger partial charge in [0.25, 0.3) is 0 Å². The van der Waals surface area contributed by atoms with E-state index in [0.29, 0.717) is 5.84 Å². The highest BCUT2D eigenvalue weighted by Crippen LogP contribution is 2.23. The Labute approximate surface area is 173 Å². The van der Waals surface area contributed by atoms with Crippen molar-refractivity contribution in [1.82, 2.24) is 19.7 Å². The van der Waals surface area contributed by atoms with Crippen LogP contribution in [0.25, 0.3) is 10.6 Å². The van der Waals surface area contributed by atoms with Crippen LogP contribution in [0.3, 0.4) is 0 Å². The van der Waals surface area contributed by atoms with Crippen molar-refractivity contribution >= 4 is 17.2 Å². The van der Waals surface area contributed by atoms with Gasteiger partial charge in [0, 0.05) is 49.4 Å². The predicted octanol–water partition coefficient (Wildman–Crippen LogP) is 2.21. The normalized spacial score (nSPS) is 15.6. The largest absolute Gasteiger partial charge is 0.388 e. The highest BCUT2D eigenvalue weighted by atomic mass is 32.1. The van der Waals surface area contributed by atoms with Gasteiger partial charge in [0.15, 0.2) is 12.4 Å². The van der Waals surface area contributed by atoms with Crippen LogP contribution in [0.1, 0.15) is 16.8 Å². The molecule has 2 aromatic heterocycles. The molecule has 0 spiro atoms. The molecule has 29 heavy (non-hydrogen) atoms. The SMILES string of the molecule is Cn1cc(-c2nc(CO/N=C(\N)c3cccc(CN4CCOCC4)c3)cs2)cn1. The van der Waals surface area contributed by atoms with Gasteiger partial charge in [-0.1, -0.05) is 23.4 Å². The number of amidine groups is 1. The van der Waals surface area contributed by atoms with E-state index < -0.39 is 0 Å². The maximum absolute atomic E-state index is 6.12. The third-order valence-corrected chi connectivity index (χ3v) is 5.55. The van der Waals surface area contributed by atoms with Gasteiger partial charge in [0.2, 0.25) is 0 Å². The minimum absolute atomic E-state index is 0.269. The fourth-order valence-electron chi connectivity index (χ4n) is 3.10. The van der Waals surface area contributed by atoms with Gasteiger partial charge in [-0.25, -0.2) is 4.98 Å². The smallest absolute Gasteiger partial charge is 0.170 e. The standard InChI is InChI=1S/C20H24N6O2S/c1-25-12-17(10-22-25)20-23-18(14-29-20)13-28-24-19(21)16-4-2-3-15(9-16)11-26-5-7-27-8-6-26/h2-4,9-10,12,14H,5-8,11,13H2,1H3,(H2,21,24). The molecular formula is C20H24N6O2S. The second-order valence-electron chi connectivity index (χ2n) is 6.89. The summed E-state index contributed by atoms with van der Waals surface area (Å²) < 4.78 is 7.16. The van der Waals surface area contributed by atoms with Gasteiger partial charge in [-0.2, -0.15) is 5.10 Å². The zero-order valence-corrected chi connectivity index (χ0v) is 17.1. The highest BCUT2D eigenvalue weighted by Gasteiger charge is 2.11. The van der Waals surface area contributed by atoms with Crippen LogP contribution in [0, 0.1) is 0 Å². The molecule has 4 rings (SSSR count). The second-order valence-corrected chi connectivity index (χ2v) is 7.74. The maximum Gasteiger partial charge on any atom is 0.170 e. The van der Waals surface area contributed by atoms with Crippen LogP contribution in [0.4, 0.5) is 0 Å². The first-order valence-corrected chi connectivity index (χ1v) is 10.3. The third-order valence-electron chi connectivity index (χ3n) is 4.61. The molecule has 0 bridgehead atoms. The van der Waals surface area contributed by atoms with Crippen LogP contribution in [-0.2, 0) is 29.8 Å². The van der Waals surface area contributed by atoms with E-state index in [0.717, 1.165) is 54.7 Å². The van der Waals surface area contributed by atoms with E-state index in [1.165, 1.54) is 5.56 Å². The Balaban J connectivity index is 1.34. The molecule has 9 heteroatoms. The summed E-state index contributed by atoms with van der Waals surface area (Å²) in [4.78, 5) is 12.4. The van der Waals surface area contributed by atoms with E-state index in [4.69, 9.17) is 15.3 Å². The fraction of sp³-hybridized carbons (Fsp3) is 0.350. The molecule has 0 atom stereocenters. The second kappa shape index (κ2) is 9.17. The number of nitrogens with zero attached hydrogens (tertiary/aromatic N) is 5. The summed E-state index contributed by atoms with van der Waals surface area (Å²) in [6.07, 6.45) is 3.73. The maximum atomic E-state index is 6.12. The van der Waals surface area contributed by atoms with Gasteiger partial charge >= 0.3 is 0 Å². The van der Waals surface area contributed by atoms with Gasteiger partial charge in [-0.15, -0.1) is 11.3 Å². The van der Waals surface area contributed by atoms with Crippen molar-refractivity contribution in [3.8, 4) is 10.6 Å². The van der Waals surface area contributed by atoms with Crippen molar-refractivity contribution in [1.29, 1.82) is 0 Å². The number of rotatable bonds is 7. The van der Waals surface area contributed by atoms with Crippen LogP contribution in [0.5, 0.6) is 0 Å². The van der Waals surface area contributed by atoms with Gasteiger partial charge in [0.05, 0.1) is 25.1 Å². The lowest BCUT2D eigenvalue weighted by Gasteiger charge is -2.26. The summed E-state index contributed by atoms with van der Waals surface area (Å²) in [6.45, 7) is 4.62. The van der Waals surface area contributed by atoms with Crippen molar-refractivity contribution < 1.29 is 9.57 Å². The topological polar surface area (TPSA) is 90.8 Å². The number of hydrogen-bond donors (Lipinski definition) is 1. The van der Waals surface area contributed by atoms with Crippen LogP contribution in [0.2, 0.25) is 0 Å². The van der Waals surface area contributed by atoms with Gasteiger partial charge in [-0.05, 0) is 11.6 Å². The number of oxime groups is 1. The highest BCUT2D eigenvalue weighted by molar-refractivity contribution is 7.13. The molecule has 1 aliphatic rings. The number of thiazole rings is 1. The first kappa shape index (κ1) is 19.6. The minimum atomic E-state index is 0.269. The molecule has 152 valence electrons. The molecule has 1 aliphatic heterocycles. The quantitative estimate of drug-likeness (QED) is 0.363. The third kappa shape index (κ3) is 5.20. The summed E-state index contributed by atoms with van der Waals surface area (Å²) in [5.74, 6) is 0.358. The predicted molar refractivity (Wildman–Crippen MR) is 112 cm³/mol. The summed E-state index contributed by atoms with van der Waals surface area (Å²) >= 11 is 1.55. The Morgan fingerprint density at radius 2 is 2.21 bits per heavy atom. The van der Waals surface area contributed by atoms with Gasteiger partial charge in [-0.3, -0.25) is 9.58 Å². The van der Waals surface area contributed by atoms with Crippen molar-refractivity contribution in [3.63, 3.8) is 0 Å². The lowest BCUT2D eigenvalue weighted by Crippen LogP contribution is -2.35. The molecule has 0 unspecified atom stereocenters. The Bertz CT molecular complexity index is 977. The average molecular weight is 413 g/mol. The Kier molecular flexibility index (Phi) is 6.18. The van der Waals surface area contributed by atoms with Crippen LogP contribution in [0.15, 0.2) is 47.2 Å². The molecule has 1 fully saturated rings. The summed E-state index contributed by atoms with van der Waals surface area (Å²) in [5, 5.41) is 11.1. The Morgan fingerprint density at radius 3 is 3.00 bits per heavy atom. The molecule has 2 N–H and O–H groups in total. The molecule has 1 aromatic carbocycles. The molecule has 1 saturated heterocycles. The summed E-state index contributed by atoms with van der Waals surface area (Å²) in [5.41, 5.74) is 9.97. The number of aromatic nitrogens is 3. The molecule has 3 heterocycles. The van der Waals surface area contributed by atoms with E-state index in [9.17, 15) is 0 Å². The minimum Gasteiger partial charge on any atom is -0.388 e. The van der Waals surface area contributed by atoms with Crippen molar-refractivity contribution in [2.45, 2.75) is 13.2 Å². The molecule has 8 nitrogen and oxygen atoms in total. The molecule has 0 amide bonds. The fourth-order valence-corrected chi connectivity index (χ4v) is 3.88. The lowest BCUT2D eigenvalue weighted by molar-refractivity contribution is 0.0342. The Hall–Kier alpha value is -2.75. The average Bonchev–Trinajstić information content (AvgIpc) is 3.38. The monoisotopic (exact) mass is 412 g/mol. The zero-order chi connectivity index (χ0) is 20.1. The number of ether oxygens (including phenoxy) is 1. The number of nitrogens with two attached hydrogens (primary N) is 1. The first-order chi connectivity index (χ1) is 14.2. The van der Waals surface area contributed by atoms with E-state index in [-0.39, 0.29) is 6.61 Å². The molecule has 0 radical (unpaired) electrons. The van der Waals surface area contributed by atoms with Gasteiger partial charge < -0.3 is 15.3 Å². The number of benzene rings is 1. The van der Waals surface area contributed by atoms with Crippen LogP contribution >= 0.6 is 11.3 Å². The Morgan fingerprint density at radius 1 is 1.34 bits per heavy atom. The van der Waals surface area contributed by atoms with Crippen molar-refractivity contribution in [2.24, 2.45) is 17.9 Å². The van der Waals surface area contributed by atoms with Crippen molar-refractivity contribution in [3.05, 3.63) is 58.9 Å². The van der Waals surface area contributed by atoms with E-state index in [1.807, 2.05) is 30.8 Å². The molecule has 0 aliphatic carbocycles. The zero-order valence-electron chi connectivity index (χ0n) is 16.3. The van der Waals surface area contributed by atoms with E-state index >= 15 is 0 Å². The lowest BCUT2D eigenvalue weighted by atomic mass is 10.1. The molecule has 3 aromatic rings. The number of aryl methyl sites for hydroxylation is 1. The number of morpholine rings is 1. The van der Waals surface area contributed by atoms with E-state index in [1.54, 1.807) is 22.2 Å². The van der Waals surface area contributed by atoms with E-state index in [2.05, 4.69) is 32.3 Å². The van der Waals surface area contributed by atoms with Crippen molar-refractivity contribution in [2.75, 3.05) is 26.3 Å². The molecular weight excluding hydrogens is 388 g/mol. The number of hydrogen-bond acceptors (Lipinski definition) is 7. The summed E-state index contributed by atoms with van der Waals surface area (Å²) in [6, 6.07) is 8.09. The summed E-state index contributed by atoms with van der Waals surface area (Å²) in [7, 11) is 1.88. The van der Waals surface area contributed by atoms with Crippen LogP contribution in [-0.4, -0.2) is 51.8 Å².